The highest BCUT2D eigenvalue weighted by molar-refractivity contribution is 7.19. The number of rotatable bonds is 3. The maximum Gasteiger partial charge on any atom is 0.234 e. The number of aromatic nitrogens is 4. The summed E-state index contributed by atoms with van der Waals surface area (Å²) in [5.74, 6) is 1.38. The van der Waals surface area contributed by atoms with Gasteiger partial charge in [0.05, 0.1) is 5.02 Å². The van der Waals surface area contributed by atoms with Crippen LogP contribution in [0.5, 0.6) is 0 Å². The maximum atomic E-state index is 6.22. The molecule has 0 saturated heterocycles. The van der Waals surface area contributed by atoms with E-state index in [0.717, 1.165) is 27.8 Å². The average molecular weight is 327 g/mol. The summed E-state index contributed by atoms with van der Waals surface area (Å²) < 4.78 is 1.80. The summed E-state index contributed by atoms with van der Waals surface area (Å²) in [6, 6.07) is 5.40. The third-order valence-electron chi connectivity index (χ3n) is 2.81. The quantitative estimate of drug-likeness (QED) is 0.718. The van der Waals surface area contributed by atoms with Gasteiger partial charge in [-0.3, -0.25) is 0 Å². The van der Waals surface area contributed by atoms with Gasteiger partial charge < -0.3 is 0 Å². The molecule has 0 aliphatic rings. The molecule has 7 heteroatoms. The highest BCUT2D eigenvalue weighted by atomic mass is 35.5. The Morgan fingerprint density at radius 3 is 2.75 bits per heavy atom. The van der Waals surface area contributed by atoms with Crippen LogP contribution in [0.4, 0.5) is 0 Å². The van der Waals surface area contributed by atoms with Gasteiger partial charge in [-0.1, -0.05) is 48.4 Å². The number of hydrogen-bond donors (Lipinski definition) is 0. The van der Waals surface area contributed by atoms with Gasteiger partial charge in [0.15, 0.2) is 5.82 Å². The third kappa shape index (κ3) is 2.53. The van der Waals surface area contributed by atoms with Crippen molar-refractivity contribution in [3.63, 3.8) is 0 Å². The summed E-state index contributed by atoms with van der Waals surface area (Å²) in [5.41, 5.74) is 0.863. The first-order chi connectivity index (χ1) is 9.54. The highest BCUT2D eigenvalue weighted by Crippen LogP contribution is 2.33. The van der Waals surface area contributed by atoms with Gasteiger partial charge in [0, 0.05) is 17.0 Å². The van der Waals surface area contributed by atoms with E-state index in [2.05, 4.69) is 29.1 Å². The van der Waals surface area contributed by atoms with E-state index in [1.165, 1.54) is 11.3 Å². The lowest BCUT2D eigenvalue weighted by Crippen LogP contribution is -2.01. The lowest BCUT2D eigenvalue weighted by atomic mass is 10.1. The number of nitrogens with zero attached hydrogens (tertiary/aromatic N) is 4. The Balaban J connectivity index is 2.06. The number of halogens is 2. The van der Waals surface area contributed by atoms with Gasteiger partial charge >= 0.3 is 0 Å². The van der Waals surface area contributed by atoms with Crippen molar-refractivity contribution in [1.82, 2.24) is 19.8 Å². The van der Waals surface area contributed by atoms with Gasteiger partial charge in [-0.25, -0.2) is 0 Å². The van der Waals surface area contributed by atoms with Crippen LogP contribution >= 0.6 is 34.5 Å². The molecule has 0 N–H and O–H groups in total. The van der Waals surface area contributed by atoms with Crippen molar-refractivity contribution < 1.29 is 0 Å². The molecule has 104 valence electrons. The number of hydrogen-bond acceptors (Lipinski definition) is 4. The molecule has 3 rings (SSSR count). The molecule has 2 aromatic heterocycles. The Morgan fingerprint density at radius 1 is 1.25 bits per heavy atom. The Hall–Kier alpha value is -1.17. The average Bonchev–Trinajstić information content (AvgIpc) is 2.91. The molecular weight excluding hydrogens is 315 g/mol. The lowest BCUT2D eigenvalue weighted by molar-refractivity contribution is 0.607. The van der Waals surface area contributed by atoms with E-state index in [9.17, 15) is 0 Å². The van der Waals surface area contributed by atoms with E-state index in [1.807, 2.05) is 6.07 Å². The van der Waals surface area contributed by atoms with Crippen LogP contribution < -0.4 is 0 Å². The molecule has 0 unspecified atom stereocenters. The summed E-state index contributed by atoms with van der Waals surface area (Å²) in [4.78, 5) is 0.779. The van der Waals surface area contributed by atoms with Crippen molar-refractivity contribution in [2.75, 3.05) is 0 Å². The monoisotopic (exact) mass is 326 g/mol. The zero-order valence-electron chi connectivity index (χ0n) is 11.0. The van der Waals surface area contributed by atoms with Gasteiger partial charge in [-0.2, -0.15) is 9.61 Å². The highest BCUT2D eigenvalue weighted by Gasteiger charge is 2.15. The minimum Gasteiger partial charge on any atom is -0.187 e. The minimum absolute atomic E-state index is 0.506. The van der Waals surface area contributed by atoms with Crippen molar-refractivity contribution in [2.45, 2.75) is 20.3 Å². The Kier molecular flexibility index (Phi) is 3.67. The lowest BCUT2D eigenvalue weighted by Gasteiger charge is -2.01. The molecular formula is C13H12Cl2N4S. The topological polar surface area (TPSA) is 43.1 Å². The van der Waals surface area contributed by atoms with Crippen LogP contribution in [0.2, 0.25) is 10.0 Å². The van der Waals surface area contributed by atoms with E-state index in [0.29, 0.717) is 16.0 Å². The van der Waals surface area contributed by atoms with Crippen LogP contribution in [0.1, 0.15) is 19.7 Å². The molecule has 0 saturated carbocycles. The summed E-state index contributed by atoms with van der Waals surface area (Å²) in [7, 11) is 0. The Labute approximate surface area is 130 Å². The molecule has 0 aliphatic carbocycles. The SMILES string of the molecule is CC(C)Cc1nnc2sc(-c3ccc(Cl)cc3Cl)nn12. The van der Waals surface area contributed by atoms with Crippen LogP contribution in [0.15, 0.2) is 18.2 Å². The van der Waals surface area contributed by atoms with Crippen LogP contribution in [-0.2, 0) is 6.42 Å². The summed E-state index contributed by atoms with van der Waals surface area (Å²) in [5, 5.41) is 14.9. The summed E-state index contributed by atoms with van der Waals surface area (Å²) in [6.45, 7) is 4.29. The summed E-state index contributed by atoms with van der Waals surface area (Å²) >= 11 is 13.6. The zero-order valence-corrected chi connectivity index (χ0v) is 13.3. The Morgan fingerprint density at radius 2 is 2.05 bits per heavy atom. The van der Waals surface area contributed by atoms with Gasteiger partial charge in [0.25, 0.3) is 0 Å². The molecule has 2 heterocycles. The predicted octanol–water partition coefficient (Wildman–Crippen LogP) is 4.36. The predicted molar refractivity (Wildman–Crippen MR) is 82.7 cm³/mol. The summed E-state index contributed by atoms with van der Waals surface area (Å²) in [6.07, 6.45) is 0.846. The van der Waals surface area contributed by atoms with E-state index in [4.69, 9.17) is 23.2 Å². The van der Waals surface area contributed by atoms with Crippen molar-refractivity contribution >= 4 is 39.5 Å². The molecule has 0 spiro atoms. The largest absolute Gasteiger partial charge is 0.234 e. The second-order valence-electron chi connectivity index (χ2n) is 4.94. The smallest absolute Gasteiger partial charge is 0.187 e. The molecule has 0 amide bonds. The molecule has 0 aliphatic heterocycles. The van der Waals surface area contributed by atoms with E-state index >= 15 is 0 Å². The van der Waals surface area contributed by atoms with E-state index in [-0.39, 0.29) is 0 Å². The van der Waals surface area contributed by atoms with Crippen molar-refractivity contribution in [1.29, 1.82) is 0 Å². The van der Waals surface area contributed by atoms with Crippen LogP contribution in [-0.4, -0.2) is 19.8 Å². The van der Waals surface area contributed by atoms with Crippen LogP contribution in [0.3, 0.4) is 0 Å². The van der Waals surface area contributed by atoms with Gasteiger partial charge in [-0.15, -0.1) is 10.2 Å². The van der Waals surface area contributed by atoms with E-state index < -0.39 is 0 Å². The van der Waals surface area contributed by atoms with E-state index in [1.54, 1.807) is 16.6 Å². The second kappa shape index (κ2) is 5.31. The second-order valence-corrected chi connectivity index (χ2v) is 6.74. The van der Waals surface area contributed by atoms with Crippen LogP contribution in [0.25, 0.3) is 15.5 Å². The van der Waals surface area contributed by atoms with Crippen LogP contribution in [0, 0.1) is 5.92 Å². The van der Waals surface area contributed by atoms with Gasteiger partial charge in [0.2, 0.25) is 4.96 Å². The third-order valence-corrected chi connectivity index (χ3v) is 4.29. The van der Waals surface area contributed by atoms with Gasteiger partial charge in [0.1, 0.15) is 5.01 Å². The number of benzene rings is 1. The minimum atomic E-state index is 0.506. The van der Waals surface area contributed by atoms with Crippen molar-refractivity contribution in [3.8, 4) is 10.6 Å². The molecule has 0 radical (unpaired) electrons. The maximum absolute atomic E-state index is 6.22. The molecule has 0 bridgehead atoms. The first kappa shape index (κ1) is 13.8. The zero-order chi connectivity index (χ0) is 14.3. The molecule has 20 heavy (non-hydrogen) atoms. The first-order valence-electron chi connectivity index (χ1n) is 6.21. The first-order valence-corrected chi connectivity index (χ1v) is 7.78. The fourth-order valence-corrected chi connectivity index (χ4v) is 3.37. The van der Waals surface area contributed by atoms with Gasteiger partial charge in [-0.05, 0) is 24.1 Å². The Bertz CT molecular complexity index is 763. The van der Waals surface area contributed by atoms with Crippen molar-refractivity contribution in [3.05, 3.63) is 34.1 Å². The number of fused-ring (bicyclic) bond motifs is 1. The normalized spacial score (nSPS) is 11.7. The molecule has 0 fully saturated rings. The van der Waals surface area contributed by atoms with Crippen molar-refractivity contribution in [2.24, 2.45) is 5.92 Å². The molecule has 4 nitrogen and oxygen atoms in total. The molecule has 0 atom stereocenters. The standard InChI is InChI=1S/C13H12Cl2N4S/c1-7(2)5-11-16-17-13-19(11)18-12(20-13)9-4-3-8(14)6-10(9)15/h3-4,6-7H,5H2,1-2H3. The molecule has 1 aromatic carbocycles. The molecule has 3 aromatic rings. The fraction of sp³-hybridized carbons (Fsp3) is 0.308. The fourth-order valence-electron chi connectivity index (χ4n) is 1.92.